The number of carbonyl (C=O) groups excluding carboxylic acids is 1. The first kappa shape index (κ1) is 18.0. The summed E-state index contributed by atoms with van der Waals surface area (Å²) in [4.78, 5) is 16.3. The van der Waals surface area contributed by atoms with Crippen LogP contribution in [-0.2, 0) is 17.5 Å². The van der Waals surface area contributed by atoms with Crippen molar-refractivity contribution in [1.29, 1.82) is 0 Å². The van der Waals surface area contributed by atoms with E-state index >= 15 is 0 Å². The molecule has 0 unspecified atom stereocenters. The number of nitrogens with one attached hydrogen (secondary N) is 1. The maximum atomic E-state index is 13.0. The monoisotopic (exact) mass is 365 g/mol. The minimum absolute atomic E-state index is 0.164. The summed E-state index contributed by atoms with van der Waals surface area (Å²) in [5.41, 5.74) is -0.131. The number of furan rings is 1. The molecule has 1 aromatic carbocycles. The molecule has 5 nitrogen and oxygen atoms in total. The van der Waals surface area contributed by atoms with Crippen molar-refractivity contribution >= 4 is 22.9 Å². The normalized spacial score (nSPS) is 11.8. The fourth-order valence-electron chi connectivity index (χ4n) is 2.64. The number of hydrogen-bond donors (Lipinski definition) is 1. The first-order valence-electron chi connectivity index (χ1n) is 8.28. The predicted molar refractivity (Wildman–Crippen MR) is 90.7 cm³/mol. The summed E-state index contributed by atoms with van der Waals surface area (Å²) in [7, 11) is 0. The zero-order valence-corrected chi connectivity index (χ0v) is 14.1. The number of halogens is 3. The average Bonchev–Trinajstić information content (AvgIpc) is 3.20. The molecule has 0 aliphatic rings. The van der Waals surface area contributed by atoms with Gasteiger partial charge in [0.15, 0.2) is 0 Å². The van der Waals surface area contributed by atoms with E-state index in [1.165, 1.54) is 12.3 Å². The third-order valence-electron chi connectivity index (χ3n) is 3.98. The quantitative estimate of drug-likeness (QED) is 0.681. The minimum atomic E-state index is -4.45. The lowest BCUT2D eigenvalue weighted by molar-refractivity contribution is -0.137. The Kier molecular flexibility index (Phi) is 5.01. The van der Waals surface area contributed by atoms with Gasteiger partial charge in [-0.1, -0.05) is 13.3 Å². The summed E-state index contributed by atoms with van der Waals surface area (Å²) in [6.07, 6.45) is -1.03. The maximum Gasteiger partial charge on any atom is 0.416 e. The van der Waals surface area contributed by atoms with Crippen LogP contribution in [0.2, 0.25) is 0 Å². The number of hydrogen-bond acceptors (Lipinski definition) is 3. The van der Waals surface area contributed by atoms with Crippen LogP contribution in [0.5, 0.6) is 0 Å². The fourth-order valence-corrected chi connectivity index (χ4v) is 2.64. The highest BCUT2D eigenvalue weighted by atomic mass is 19.4. The minimum Gasteiger partial charge on any atom is -0.467 e. The third-order valence-corrected chi connectivity index (χ3v) is 3.98. The second kappa shape index (κ2) is 7.23. The summed E-state index contributed by atoms with van der Waals surface area (Å²) in [5.74, 6) is 0.587. The molecule has 0 fully saturated rings. The Balaban J connectivity index is 2.00. The SMILES string of the molecule is CCCCC(=O)Nc1nc2cc(C(F)(F)F)ccc2n1Cc1ccco1. The molecule has 138 valence electrons. The van der Waals surface area contributed by atoms with E-state index in [-0.39, 0.29) is 23.9 Å². The Morgan fingerprint density at radius 1 is 1.31 bits per heavy atom. The highest BCUT2D eigenvalue weighted by molar-refractivity contribution is 5.91. The van der Waals surface area contributed by atoms with Crippen molar-refractivity contribution in [3.8, 4) is 0 Å². The zero-order chi connectivity index (χ0) is 18.7. The molecule has 8 heteroatoms. The maximum absolute atomic E-state index is 13.0. The van der Waals surface area contributed by atoms with Gasteiger partial charge in [-0.05, 0) is 36.8 Å². The van der Waals surface area contributed by atoms with Crippen LogP contribution in [0.25, 0.3) is 11.0 Å². The molecule has 1 amide bonds. The summed E-state index contributed by atoms with van der Waals surface area (Å²) < 4.78 is 45.8. The molecule has 0 bridgehead atoms. The van der Waals surface area contributed by atoms with Gasteiger partial charge in [-0.25, -0.2) is 4.98 Å². The van der Waals surface area contributed by atoms with Crippen LogP contribution < -0.4 is 5.32 Å². The van der Waals surface area contributed by atoms with Crippen molar-refractivity contribution < 1.29 is 22.4 Å². The Labute approximate surface area is 147 Å². The highest BCUT2D eigenvalue weighted by Crippen LogP contribution is 2.32. The van der Waals surface area contributed by atoms with Crippen LogP contribution in [0.15, 0.2) is 41.0 Å². The predicted octanol–water partition coefficient (Wildman–Crippen LogP) is 4.83. The standard InChI is InChI=1S/C18H18F3N3O2/c1-2-3-6-16(25)23-17-22-14-10-12(18(19,20)21)7-8-15(14)24(17)11-13-5-4-9-26-13/h4-5,7-10H,2-3,6,11H2,1H3,(H,22,23,25). The molecule has 2 heterocycles. The topological polar surface area (TPSA) is 60.1 Å². The highest BCUT2D eigenvalue weighted by Gasteiger charge is 2.31. The van der Waals surface area contributed by atoms with Crippen molar-refractivity contribution in [2.45, 2.75) is 38.9 Å². The summed E-state index contributed by atoms with van der Waals surface area (Å²) in [6, 6.07) is 6.81. The van der Waals surface area contributed by atoms with Gasteiger partial charge in [0.2, 0.25) is 11.9 Å². The molecule has 0 aliphatic heterocycles. The van der Waals surface area contributed by atoms with Crippen LogP contribution in [0.3, 0.4) is 0 Å². The third kappa shape index (κ3) is 3.89. The van der Waals surface area contributed by atoms with E-state index in [1.807, 2.05) is 6.92 Å². The van der Waals surface area contributed by atoms with E-state index < -0.39 is 11.7 Å². The number of imidazole rings is 1. The second-order valence-corrected chi connectivity index (χ2v) is 5.95. The number of alkyl halides is 3. The van der Waals surface area contributed by atoms with Gasteiger partial charge in [-0.15, -0.1) is 0 Å². The van der Waals surface area contributed by atoms with Crippen molar-refractivity contribution in [2.24, 2.45) is 0 Å². The molecule has 0 aliphatic carbocycles. The Hall–Kier alpha value is -2.77. The first-order valence-corrected chi connectivity index (χ1v) is 8.28. The van der Waals surface area contributed by atoms with E-state index in [0.717, 1.165) is 25.0 Å². The Bertz CT molecular complexity index is 898. The average molecular weight is 365 g/mol. The molecular formula is C18H18F3N3O2. The number of aromatic nitrogens is 2. The fraction of sp³-hybridized carbons (Fsp3) is 0.333. The van der Waals surface area contributed by atoms with Gasteiger partial charge >= 0.3 is 6.18 Å². The number of amides is 1. The molecule has 0 spiro atoms. The van der Waals surface area contributed by atoms with Gasteiger partial charge in [-0.3, -0.25) is 10.1 Å². The lowest BCUT2D eigenvalue weighted by atomic mass is 10.2. The van der Waals surface area contributed by atoms with E-state index in [2.05, 4.69) is 10.3 Å². The molecule has 0 saturated heterocycles. The largest absolute Gasteiger partial charge is 0.467 e. The zero-order valence-electron chi connectivity index (χ0n) is 14.1. The van der Waals surface area contributed by atoms with Gasteiger partial charge in [0, 0.05) is 6.42 Å². The molecule has 2 aromatic heterocycles. The molecule has 26 heavy (non-hydrogen) atoms. The first-order chi connectivity index (χ1) is 12.4. The molecule has 0 atom stereocenters. The molecule has 1 N–H and O–H groups in total. The summed E-state index contributed by atoms with van der Waals surface area (Å²) in [5, 5.41) is 2.70. The summed E-state index contributed by atoms with van der Waals surface area (Å²) >= 11 is 0. The van der Waals surface area contributed by atoms with Gasteiger partial charge in [0.25, 0.3) is 0 Å². The van der Waals surface area contributed by atoms with Gasteiger partial charge < -0.3 is 8.98 Å². The smallest absolute Gasteiger partial charge is 0.416 e. The van der Waals surface area contributed by atoms with E-state index in [0.29, 0.717) is 17.7 Å². The molecular weight excluding hydrogens is 347 g/mol. The van der Waals surface area contributed by atoms with Gasteiger partial charge in [0.1, 0.15) is 5.76 Å². The van der Waals surface area contributed by atoms with Crippen LogP contribution >= 0.6 is 0 Å². The number of anilines is 1. The number of fused-ring (bicyclic) bond motifs is 1. The van der Waals surface area contributed by atoms with E-state index in [1.54, 1.807) is 16.7 Å². The molecule has 3 aromatic rings. The molecule has 0 radical (unpaired) electrons. The van der Waals surface area contributed by atoms with Crippen LogP contribution in [0.4, 0.5) is 19.1 Å². The van der Waals surface area contributed by atoms with Crippen molar-refractivity contribution in [2.75, 3.05) is 5.32 Å². The van der Waals surface area contributed by atoms with Crippen LogP contribution in [-0.4, -0.2) is 15.5 Å². The molecule has 0 saturated carbocycles. The van der Waals surface area contributed by atoms with E-state index in [9.17, 15) is 18.0 Å². The van der Waals surface area contributed by atoms with Gasteiger partial charge in [0.05, 0.1) is 29.4 Å². The lowest BCUT2D eigenvalue weighted by Crippen LogP contribution is -2.15. The second-order valence-electron chi connectivity index (χ2n) is 5.95. The van der Waals surface area contributed by atoms with Gasteiger partial charge in [-0.2, -0.15) is 13.2 Å². The number of rotatable bonds is 6. The number of nitrogens with zero attached hydrogens (tertiary/aromatic N) is 2. The number of unbranched alkanes of at least 4 members (excludes halogenated alkanes) is 1. The van der Waals surface area contributed by atoms with Crippen molar-refractivity contribution in [3.63, 3.8) is 0 Å². The summed E-state index contributed by atoms with van der Waals surface area (Å²) in [6.45, 7) is 2.22. The van der Waals surface area contributed by atoms with Crippen LogP contribution in [0.1, 0.15) is 37.5 Å². The van der Waals surface area contributed by atoms with Crippen molar-refractivity contribution in [1.82, 2.24) is 9.55 Å². The number of benzene rings is 1. The Morgan fingerprint density at radius 2 is 2.12 bits per heavy atom. The lowest BCUT2D eigenvalue weighted by Gasteiger charge is -2.09. The van der Waals surface area contributed by atoms with E-state index in [4.69, 9.17) is 4.42 Å². The van der Waals surface area contributed by atoms with Crippen molar-refractivity contribution in [3.05, 3.63) is 47.9 Å². The molecule has 3 rings (SSSR count). The number of carbonyl (C=O) groups is 1. The van der Waals surface area contributed by atoms with Crippen LogP contribution in [0, 0.1) is 0 Å². The Morgan fingerprint density at radius 3 is 2.77 bits per heavy atom.